The van der Waals surface area contributed by atoms with Gasteiger partial charge in [0.15, 0.2) is 9.84 Å². The van der Waals surface area contributed by atoms with E-state index < -0.39 is 9.84 Å². The Bertz CT molecular complexity index is 502. The Labute approximate surface area is 121 Å². The van der Waals surface area contributed by atoms with Crippen molar-refractivity contribution in [3.05, 3.63) is 34.9 Å². The number of hydrogen-bond donors (Lipinski definition) is 1. The van der Waals surface area contributed by atoms with E-state index in [-0.39, 0.29) is 23.6 Å². The molecule has 5 heteroatoms. The number of hydrogen-bond acceptors (Lipinski definition) is 3. The van der Waals surface area contributed by atoms with E-state index in [4.69, 9.17) is 11.6 Å². The van der Waals surface area contributed by atoms with E-state index in [0.29, 0.717) is 5.02 Å². The van der Waals surface area contributed by atoms with Gasteiger partial charge in [-0.3, -0.25) is 0 Å². The maximum Gasteiger partial charge on any atom is 0.151 e. The molecule has 0 bridgehead atoms. The van der Waals surface area contributed by atoms with Crippen LogP contribution in [0.1, 0.15) is 38.8 Å². The summed E-state index contributed by atoms with van der Waals surface area (Å²) in [5.41, 5.74) is 1.09. The summed E-state index contributed by atoms with van der Waals surface area (Å²) in [4.78, 5) is 0. The Morgan fingerprint density at radius 2 is 2.00 bits per heavy atom. The topological polar surface area (TPSA) is 46.2 Å². The normalized spacial score (nSPS) is 15.2. The van der Waals surface area contributed by atoms with E-state index in [2.05, 4.69) is 12.2 Å². The molecule has 0 amide bonds. The predicted molar refractivity (Wildman–Crippen MR) is 81.4 cm³/mol. The number of halogens is 1. The lowest BCUT2D eigenvalue weighted by Gasteiger charge is -2.22. The molecule has 0 aliphatic rings. The molecule has 0 radical (unpaired) electrons. The first-order valence-electron chi connectivity index (χ1n) is 6.60. The van der Waals surface area contributed by atoms with E-state index in [1.165, 1.54) is 0 Å². The van der Waals surface area contributed by atoms with Crippen molar-refractivity contribution < 1.29 is 8.42 Å². The zero-order valence-corrected chi connectivity index (χ0v) is 13.3. The summed E-state index contributed by atoms with van der Waals surface area (Å²) in [7, 11) is -2.95. The average Bonchev–Trinajstić information content (AvgIpc) is 2.35. The van der Waals surface area contributed by atoms with Gasteiger partial charge in [-0.05, 0) is 31.0 Å². The van der Waals surface area contributed by atoms with Crippen LogP contribution in [0.15, 0.2) is 24.3 Å². The standard InChI is InChI=1S/C14H22ClNO2S/c1-4-14(12-7-6-8-13(15)9-12)16-11(3)10-19(17,18)5-2/h6-9,11,14,16H,4-5,10H2,1-3H3. The van der Waals surface area contributed by atoms with Crippen LogP contribution in [0.3, 0.4) is 0 Å². The van der Waals surface area contributed by atoms with Crippen LogP contribution in [-0.4, -0.2) is 26.0 Å². The number of sulfone groups is 1. The summed E-state index contributed by atoms with van der Waals surface area (Å²) in [5, 5.41) is 4.06. The summed E-state index contributed by atoms with van der Waals surface area (Å²) < 4.78 is 23.2. The predicted octanol–water partition coefficient (Wildman–Crippen LogP) is 3.20. The Hall–Kier alpha value is -0.580. The molecule has 0 aliphatic heterocycles. The molecule has 0 saturated carbocycles. The van der Waals surface area contributed by atoms with Crippen molar-refractivity contribution in [2.45, 2.75) is 39.3 Å². The quantitative estimate of drug-likeness (QED) is 0.841. The summed E-state index contributed by atoms with van der Waals surface area (Å²) in [6, 6.07) is 7.73. The van der Waals surface area contributed by atoms with Crippen molar-refractivity contribution in [1.82, 2.24) is 5.32 Å². The Morgan fingerprint density at radius 1 is 1.32 bits per heavy atom. The second kappa shape index (κ2) is 7.27. The van der Waals surface area contributed by atoms with E-state index in [0.717, 1.165) is 12.0 Å². The molecule has 2 atom stereocenters. The minimum atomic E-state index is -2.95. The third-order valence-corrected chi connectivity index (χ3v) is 5.21. The molecule has 0 spiro atoms. The molecule has 3 nitrogen and oxygen atoms in total. The van der Waals surface area contributed by atoms with Crippen LogP contribution < -0.4 is 5.32 Å². The molecular weight excluding hydrogens is 282 g/mol. The second-order valence-corrected chi connectivity index (χ2v) is 7.62. The van der Waals surface area contributed by atoms with Gasteiger partial charge in [-0.2, -0.15) is 0 Å². The van der Waals surface area contributed by atoms with E-state index in [9.17, 15) is 8.42 Å². The zero-order chi connectivity index (χ0) is 14.5. The third kappa shape index (κ3) is 5.51. The third-order valence-electron chi connectivity index (χ3n) is 3.09. The van der Waals surface area contributed by atoms with E-state index in [1.54, 1.807) is 6.92 Å². The van der Waals surface area contributed by atoms with Gasteiger partial charge in [-0.25, -0.2) is 8.42 Å². The van der Waals surface area contributed by atoms with E-state index in [1.807, 2.05) is 31.2 Å². The molecule has 1 N–H and O–H groups in total. The minimum absolute atomic E-state index is 0.0751. The van der Waals surface area contributed by atoms with Crippen molar-refractivity contribution in [2.24, 2.45) is 0 Å². The summed E-state index contributed by atoms with van der Waals surface area (Å²) in [6.45, 7) is 5.65. The average molecular weight is 304 g/mol. The fraction of sp³-hybridized carbons (Fsp3) is 0.571. The van der Waals surface area contributed by atoms with Crippen LogP contribution in [0.5, 0.6) is 0 Å². The van der Waals surface area contributed by atoms with Gasteiger partial charge >= 0.3 is 0 Å². The highest BCUT2D eigenvalue weighted by molar-refractivity contribution is 7.91. The van der Waals surface area contributed by atoms with Crippen molar-refractivity contribution in [1.29, 1.82) is 0 Å². The molecule has 108 valence electrons. The molecule has 1 rings (SSSR count). The molecule has 0 saturated heterocycles. The van der Waals surface area contributed by atoms with Gasteiger partial charge in [0, 0.05) is 22.9 Å². The Kier molecular flexibility index (Phi) is 6.30. The zero-order valence-electron chi connectivity index (χ0n) is 11.7. The molecule has 2 unspecified atom stereocenters. The van der Waals surface area contributed by atoms with Gasteiger partial charge in [-0.1, -0.05) is 37.6 Å². The molecular formula is C14H22ClNO2S. The highest BCUT2D eigenvalue weighted by Crippen LogP contribution is 2.21. The van der Waals surface area contributed by atoms with Crippen LogP contribution in [0.4, 0.5) is 0 Å². The molecule has 0 heterocycles. The summed E-state index contributed by atoms with van der Waals surface area (Å²) in [5.74, 6) is 0.355. The lowest BCUT2D eigenvalue weighted by molar-refractivity contribution is 0.463. The fourth-order valence-electron chi connectivity index (χ4n) is 2.06. The van der Waals surface area contributed by atoms with Crippen molar-refractivity contribution in [3.8, 4) is 0 Å². The Balaban J connectivity index is 2.72. The molecule has 0 aliphatic carbocycles. The van der Waals surface area contributed by atoms with Gasteiger partial charge in [0.25, 0.3) is 0 Å². The van der Waals surface area contributed by atoms with Crippen molar-refractivity contribution in [3.63, 3.8) is 0 Å². The highest BCUT2D eigenvalue weighted by Gasteiger charge is 2.17. The highest BCUT2D eigenvalue weighted by atomic mass is 35.5. The van der Waals surface area contributed by atoms with E-state index >= 15 is 0 Å². The maximum absolute atomic E-state index is 11.6. The molecule has 1 aromatic rings. The summed E-state index contributed by atoms with van der Waals surface area (Å²) in [6.07, 6.45) is 0.886. The number of rotatable bonds is 7. The van der Waals surface area contributed by atoms with Crippen LogP contribution in [0.25, 0.3) is 0 Å². The monoisotopic (exact) mass is 303 g/mol. The molecule has 0 fully saturated rings. The van der Waals surface area contributed by atoms with Gasteiger partial charge in [0.1, 0.15) is 0 Å². The molecule has 0 aromatic heterocycles. The van der Waals surface area contributed by atoms with Gasteiger partial charge in [0.05, 0.1) is 5.75 Å². The van der Waals surface area contributed by atoms with Gasteiger partial charge in [-0.15, -0.1) is 0 Å². The largest absolute Gasteiger partial charge is 0.306 e. The second-order valence-electron chi connectivity index (χ2n) is 4.78. The number of benzene rings is 1. The lowest BCUT2D eigenvalue weighted by atomic mass is 10.0. The van der Waals surface area contributed by atoms with Gasteiger partial charge in [0.2, 0.25) is 0 Å². The molecule has 1 aromatic carbocycles. The summed E-state index contributed by atoms with van der Waals surface area (Å²) >= 11 is 5.99. The first kappa shape index (κ1) is 16.5. The van der Waals surface area contributed by atoms with Crippen LogP contribution in [0, 0.1) is 0 Å². The lowest BCUT2D eigenvalue weighted by Crippen LogP contribution is -2.36. The van der Waals surface area contributed by atoms with Crippen LogP contribution in [-0.2, 0) is 9.84 Å². The first-order chi connectivity index (χ1) is 8.88. The van der Waals surface area contributed by atoms with Crippen LogP contribution >= 0.6 is 11.6 Å². The minimum Gasteiger partial charge on any atom is -0.306 e. The van der Waals surface area contributed by atoms with Crippen LogP contribution in [0.2, 0.25) is 5.02 Å². The smallest absolute Gasteiger partial charge is 0.151 e. The Morgan fingerprint density at radius 3 is 2.53 bits per heavy atom. The SMILES string of the molecule is CCC(NC(C)CS(=O)(=O)CC)c1cccc(Cl)c1. The number of nitrogens with one attached hydrogen (secondary N) is 1. The van der Waals surface area contributed by atoms with Crippen molar-refractivity contribution >= 4 is 21.4 Å². The van der Waals surface area contributed by atoms with Crippen molar-refractivity contribution in [2.75, 3.05) is 11.5 Å². The van der Waals surface area contributed by atoms with Gasteiger partial charge < -0.3 is 5.32 Å². The first-order valence-corrected chi connectivity index (χ1v) is 8.79. The maximum atomic E-state index is 11.6. The molecule has 19 heavy (non-hydrogen) atoms. The fourth-order valence-corrected chi connectivity index (χ4v) is 3.36.